The van der Waals surface area contributed by atoms with Crippen LogP contribution >= 0.6 is 0 Å². The molecule has 1 N–H and O–H groups in total. The average Bonchev–Trinajstić information content (AvgIpc) is 2.26. The van der Waals surface area contributed by atoms with E-state index in [1.54, 1.807) is 11.1 Å². The monoisotopic (exact) mass is 235 g/mol. The topological polar surface area (TPSA) is 73.2 Å². The third kappa shape index (κ3) is 2.52. The molecule has 0 unspecified atom stereocenters. The number of carboxylic acids is 1. The van der Waals surface area contributed by atoms with E-state index in [0.717, 1.165) is 5.57 Å². The lowest BCUT2D eigenvalue weighted by molar-refractivity contribution is -0.138. The molecule has 0 radical (unpaired) electrons. The van der Waals surface area contributed by atoms with Gasteiger partial charge >= 0.3 is 5.97 Å². The number of aliphatic carboxylic acids is 1. The van der Waals surface area contributed by atoms with Crippen molar-refractivity contribution in [1.82, 2.24) is 9.91 Å². The van der Waals surface area contributed by atoms with Gasteiger partial charge in [-0.25, -0.2) is 5.01 Å². The Balaban J connectivity index is 2.14. The van der Waals surface area contributed by atoms with Crippen molar-refractivity contribution in [1.29, 1.82) is 0 Å². The molecule has 2 aliphatic rings. The summed E-state index contributed by atoms with van der Waals surface area (Å²) in [6.45, 7) is 2.26. The van der Waals surface area contributed by atoms with Gasteiger partial charge in [-0.1, -0.05) is 0 Å². The van der Waals surface area contributed by atoms with E-state index in [0.29, 0.717) is 5.84 Å². The fourth-order valence-electron chi connectivity index (χ4n) is 1.62. The molecular formula is C11H13N3O3. The average molecular weight is 235 g/mol. The zero-order valence-electron chi connectivity index (χ0n) is 9.46. The van der Waals surface area contributed by atoms with Crippen LogP contribution in [0.5, 0.6) is 0 Å². The highest BCUT2D eigenvalue weighted by Gasteiger charge is 2.25. The number of nitrogens with zero attached hydrogens (tertiary/aromatic N) is 3. The summed E-state index contributed by atoms with van der Waals surface area (Å²) >= 11 is 0. The normalized spacial score (nSPS) is 18.8. The summed E-state index contributed by atoms with van der Waals surface area (Å²) in [6.07, 6.45) is 5.47. The molecule has 0 spiro atoms. The van der Waals surface area contributed by atoms with E-state index in [1.165, 1.54) is 5.01 Å². The Labute approximate surface area is 98.5 Å². The largest absolute Gasteiger partial charge is 0.481 e. The minimum absolute atomic E-state index is 0.0962. The van der Waals surface area contributed by atoms with Crippen molar-refractivity contribution >= 4 is 17.7 Å². The number of hydrazone groups is 1. The number of carbonyl (C=O) groups is 2. The maximum absolute atomic E-state index is 11.7. The van der Waals surface area contributed by atoms with Crippen molar-refractivity contribution < 1.29 is 14.7 Å². The molecule has 6 nitrogen and oxygen atoms in total. The van der Waals surface area contributed by atoms with Gasteiger partial charge in [0.15, 0.2) is 5.84 Å². The summed E-state index contributed by atoms with van der Waals surface area (Å²) in [4.78, 5) is 23.9. The first-order chi connectivity index (χ1) is 8.06. The van der Waals surface area contributed by atoms with Gasteiger partial charge < -0.3 is 10.0 Å². The van der Waals surface area contributed by atoms with Crippen LogP contribution in [0.25, 0.3) is 0 Å². The number of carboxylic acid groups (broad SMARTS) is 1. The van der Waals surface area contributed by atoms with Gasteiger partial charge in [0, 0.05) is 6.20 Å². The number of fused-ring (bicyclic) bond motifs is 1. The maximum Gasteiger partial charge on any atom is 0.305 e. The second-order valence-electron chi connectivity index (χ2n) is 3.95. The van der Waals surface area contributed by atoms with Crippen LogP contribution in [0, 0.1) is 0 Å². The Hall–Kier alpha value is -2.11. The summed E-state index contributed by atoms with van der Waals surface area (Å²) in [6, 6.07) is 0. The fraction of sp³-hybridized carbons (Fsp3) is 0.364. The summed E-state index contributed by atoms with van der Waals surface area (Å²) in [5.74, 6) is -0.446. The number of hydrogen-bond donors (Lipinski definition) is 1. The Bertz CT molecular complexity index is 451. The Morgan fingerprint density at radius 1 is 1.59 bits per heavy atom. The van der Waals surface area contributed by atoms with Gasteiger partial charge in [-0.05, 0) is 24.6 Å². The second kappa shape index (κ2) is 4.40. The highest BCUT2D eigenvalue weighted by Crippen LogP contribution is 2.14. The number of rotatable bonds is 3. The van der Waals surface area contributed by atoms with Gasteiger partial charge in [0.05, 0.1) is 13.0 Å². The van der Waals surface area contributed by atoms with E-state index in [2.05, 4.69) is 5.10 Å². The fourth-order valence-corrected chi connectivity index (χ4v) is 1.62. The van der Waals surface area contributed by atoms with Crippen LogP contribution in [0.1, 0.15) is 13.3 Å². The van der Waals surface area contributed by atoms with Crippen LogP contribution in [-0.2, 0) is 9.59 Å². The van der Waals surface area contributed by atoms with Gasteiger partial charge in [0.2, 0.25) is 0 Å². The molecule has 6 heteroatoms. The third-order valence-electron chi connectivity index (χ3n) is 2.52. The van der Waals surface area contributed by atoms with Gasteiger partial charge in [0.1, 0.15) is 6.54 Å². The third-order valence-corrected chi connectivity index (χ3v) is 2.52. The maximum atomic E-state index is 11.7. The van der Waals surface area contributed by atoms with Crippen molar-refractivity contribution in [3.8, 4) is 0 Å². The van der Waals surface area contributed by atoms with Crippen LogP contribution in [-0.4, -0.2) is 45.8 Å². The molecule has 1 amide bonds. The summed E-state index contributed by atoms with van der Waals surface area (Å²) in [7, 11) is 0. The molecule has 2 rings (SSSR count). The van der Waals surface area contributed by atoms with Crippen molar-refractivity contribution in [3.05, 3.63) is 23.9 Å². The molecule has 0 aliphatic carbocycles. The number of amidine groups is 1. The number of carbonyl (C=O) groups excluding carboxylic acids is 1. The minimum Gasteiger partial charge on any atom is -0.481 e. The molecule has 17 heavy (non-hydrogen) atoms. The lowest BCUT2D eigenvalue weighted by Gasteiger charge is -2.31. The minimum atomic E-state index is -0.935. The Morgan fingerprint density at radius 2 is 2.35 bits per heavy atom. The first-order valence-electron chi connectivity index (χ1n) is 5.30. The SMILES string of the molecule is CC1=CC2=NN(CCC(=O)O)C(=O)CN2C=C1. The van der Waals surface area contributed by atoms with Gasteiger partial charge in [-0.3, -0.25) is 9.59 Å². The lowest BCUT2D eigenvalue weighted by Crippen LogP contribution is -2.45. The molecule has 0 saturated carbocycles. The molecule has 2 aliphatic heterocycles. The summed E-state index contributed by atoms with van der Waals surface area (Å²) in [5, 5.41) is 14.0. The molecule has 0 aromatic carbocycles. The zero-order chi connectivity index (χ0) is 12.4. The first-order valence-corrected chi connectivity index (χ1v) is 5.30. The van der Waals surface area contributed by atoms with Crippen LogP contribution in [0.2, 0.25) is 0 Å². The van der Waals surface area contributed by atoms with Gasteiger partial charge in [-0.15, -0.1) is 0 Å². The molecule has 0 aromatic heterocycles. The van der Waals surface area contributed by atoms with Crippen LogP contribution in [0.15, 0.2) is 29.0 Å². The highest BCUT2D eigenvalue weighted by atomic mass is 16.4. The van der Waals surface area contributed by atoms with E-state index in [1.807, 2.05) is 19.1 Å². The van der Waals surface area contributed by atoms with Crippen LogP contribution < -0.4 is 0 Å². The Morgan fingerprint density at radius 3 is 3.06 bits per heavy atom. The van der Waals surface area contributed by atoms with Crippen molar-refractivity contribution in [3.63, 3.8) is 0 Å². The molecule has 0 aromatic rings. The van der Waals surface area contributed by atoms with Crippen molar-refractivity contribution in [2.24, 2.45) is 5.10 Å². The molecule has 0 bridgehead atoms. The van der Waals surface area contributed by atoms with Gasteiger partial charge in [-0.2, -0.15) is 5.10 Å². The molecule has 90 valence electrons. The molecule has 0 fully saturated rings. The van der Waals surface area contributed by atoms with Crippen molar-refractivity contribution in [2.45, 2.75) is 13.3 Å². The first kappa shape index (κ1) is 11.4. The predicted octanol–water partition coefficient (Wildman–Crippen LogP) is 0.392. The zero-order valence-corrected chi connectivity index (χ0v) is 9.46. The Kier molecular flexibility index (Phi) is 2.95. The van der Waals surface area contributed by atoms with E-state index < -0.39 is 5.97 Å². The predicted molar refractivity (Wildman–Crippen MR) is 61.0 cm³/mol. The molecular weight excluding hydrogens is 222 g/mol. The van der Waals surface area contributed by atoms with E-state index >= 15 is 0 Å². The summed E-state index contributed by atoms with van der Waals surface area (Å²) in [5.41, 5.74) is 1.05. The van der Waals surface area contributed by atoms with Crippen LogP contribution in [0.3, 0.4) is 0 Å². The lowest BCUT2D eigenvalue weighted by atomic mass is 10.2. The molecule has 0 atom stereocenters. The van der Waals surface area contributed by atoms with Crippen LogP contribution in [0.4, 0.5) is 0 Å². The van der Waals surface area contributed by atoms with Crippen molar-refractivity contribution in [2.75, 3.05) is 13.1 Å². The highest BCUT2D eigenvalue weighted by molar-refractivity contribution is 6.00. The van der Waals surface area contributed by atoms with E-state index in [4.69, 9.17) is 5.11 Å². The van der Waals surface area contributed by atoms with E-state index in [9.17, 15) is 9.59 Å². The number of amides is 1. The number of allylic oxidation sites excluding steroid dienone is 2. The standard InChI is InChI=1S/C11H13N3O3/c1-8-2-4-13-7-10(15)14(5-3-11(16)17)12-9(13)6-8/h2,4,6H,3,5,7H2,1H3,(H,16,17). The second-order valence-corrected chi connectivity index (χ2v) is 3.95. The molecule has 2 heterocycles. The quantitative estimate of drug-likeness (QED) is 0.768. The van der Waals surface area contributed by atoms with Gasteiger partial charge in [0.25, 0.3) is 5.91 Å². The van der Waals surface area contributed by atoms with E-state index in [-0.39, 0.29) is 25.4 Å². The smallest absolute Gasteiger partial charge is 0.305 e. The summed E-state index contributed by atoms with van der Waals surface area (Å²) < 4.78 is 0. The number of hydrogen-bond acceptors (Lipinski definition) is 4. The molecule has 0 saturated heterocycles.